The van der Waals surface area contributed by atoms with E-state index in [0.29, 0.717) is 17.9 Å². The number of carbonyl (C=O) groups is 1. The zero-order valence-corrected chi connectivity index (χ0v) is 11.4. The molecule has 2 fully saturated rings. The first kappa shape index (κ1) is 13.8. The van der Waals surface area contributed by atoms with Gasteiger partial charge < -0.3 is 15.3 Å². The van der Waals surface area contributed by atoms with Gasteiger partial charge in [0.2, 0.25) is 5.91 Å². The van der Waals surface area contributed by atoms with Gasteiger partial charge in [-0.1, -0.05) is 6.92 Å². The molecule has 3 unspecified atom stereocenters. The van der Waals surface area contributed by atoms with Crippen molar-refractivity contribution < 1.29 is 9.90 Å². The van der Waals surface area contributed by atoms with Gasteiger partial charge in [0.15, 0.2) is 0 Å². The van der Waals surface area contributed by atoms with Crippen LogP contribution in [0.25, 0.3) is 0 Å². The Morgan fingerprint density at radius 1 is 1.44 bits per heavy atom. The Hall–Kier alpha value is -0.610. The summed E-state index contributed by atoms with van der Waals surface area (Å²) in [6.07, 6.45) is 5.03. The maximum atomic E-state index is 12.5. The Morgan fingerprint density at radius 3 is 3.00 bits per heavy atom. The van der Waals surface area contributed by atoms with Crippen LogP contribution in [0.5, 0.6) is 0 Å². The summed E-state index contributed by atoms with van der Waals surface area (Å²) in [5, 5.41) is 12.3. The Morgan fingerprint density at radius 2 is 2.28 bits per heavy atom. The van der Waals surface area contributed by atoms with Crippen LogP contribution in [0, 0.1) is 11.8 Å². The molecule has 2 saturated heterocycles. The molecule has 2 aliphatic rings. The number of rotatable bonds is 4. The second kappa shape index (κ2) is 6.53. The highest BCUT2D eigenvalue weighted by Crippen LogP contribution is 2.26. The van der Waals surface area contributed by atoms with E-state index in [1.165, 1.54) is 0 Å². The quantitative estimate of drug-likeness (QED) is 0.787. The van der Waals surface area contributed by atoms with Crippen molar-refractivity contribution in [3.05, 3.63) is 0 Å². The van der Waals surface area contributed by atoms with Crippen LogP contribution in [0.1, 0.15) is 39.0 Å². The lowest BCUT2D eigenvalue weighted by Gasteiger charge is -2.33. The molecule has 3 atom stereocenters. The first-order chi connectivity index (χ1) is 8.72. The lowest BCUT2D eigenvalue weighted by molar-refractivity contribution is -0.137. The highest BCUT2D eigenvalue weighted by Gasteiger charge is 2.34. The number of likely N-dealkylation sites (tertiary alicyclic amines) is 1. The van der Waals surface area contributed by atoms with E-state index in [1.54, 1.807) is 0 Å². The summed E-state index contributed by atoms with van der Waals surface area (Å²) >= 11 is 0. The van der Waals surface area contributed by atoms with Crippen molar-refractivity contribution in [2.45, 2.75) is 45.1 Å². The molecule has 104 valence electrons. The number of aliphatic hydroxyl groups excluding tert-OH is 1. The lowest BCUT2D eigenvalue weighted by atomic mass is 9.90. The molecule has 2 heterocycles. The van der Waals surface area contributed by atoms with Crippen molar-refractivity contribution in [1.29, 1.82) is 0 Å². The normalized spacial score (nSPS) is 32.8. The molecule has 18 heavy (non-hydrogen) atoms. The molecule has 1 amide bonds. The Bertz CT molecular complexity index is 283. The van der Waals surface area contributed by atoms with Crippen LogP contribution in [0.2, 0.25) is 0 Å². The number of amides is 1. The molecular weight excluding hydrogens is 228 g/mol. The maximum absolute atomic E-state index is 12.5. The molecule has 0 aromatic rings. The second-order valence-electron chi connectivity index (χ2n) is 5.89. The van der Waals surface area contributed by atoms with Gasteiger partial charge in [0.25, 0.3) is 0 Å². The van der Waals surface area contributed by atoms with E-state index in [2.05, 4.69) is 17.1 Å². The van der Waals surface area contributed by atoms with Gasteiger partial charge in [-0.2, -0.15) is 0 Å². The number of hydrogen-bond acceptors (Lipinski definition) is 3. The van der Waals surface area contributed by atoms with Crippen molar-refractivity contribution in [1.82, 2.24) is 10.2 Å². The third kappa shape index (κ3) is 3.23. The summed E-state index contributed by atoms with van der Waals surface area (Å²) < 4.78 is 0. The van der Waals surface area contributed by atoms with Crippen molar-refractivity contribution >= 4 is 5.91 Å². The minimum Gasteiger partial charge on any atom is -0.396 e. The van der Waals surface area contributed by atoms with Crippen molar-refractivity contribution in [3.8, 4) is 0 Å². The highest BCUT2D eigenvalue weighted by molar-refractivity contribution is 5.79. The first-order valence-corrected chi connectivity index (χ1v) is 7.34. The summed E-state index contributed by atoms with van der Waals surface area (Å²) in [6.45, 7) is 5.24. The van der Waals surface area contributed by atoms with Crippen molar-refractivity contribution in [2.75, 3.05) is 26.2 Å². The number of piperidine rings is 1. The third-order valence-electron chi connectivity index (χ3n) is 4.28. The zero-order valence-electron chi connectivity index (χ0n) is 11.4. The SMILES string of the molecule is CC1CNCC(C(=O)N2CCCC2CCCO)C1. The topological polar surface area (TPSA) is 52.6 Å². The largest absolute Gasteiger partial charge is 0.396 e. The fourth-order valence-corrected chi connectivity index (χ4v) is 3.33. The van der Waals surface area contributed by atoms with Crippen molar-refractivity contribution in [3.63, 3.8) is 0 Å². The summed E-state index contributed by atoms with van der Waals surface area (Å²) in [5.74, 6) is 1.11. The van der Waals surface area contributed by atoms with Gasteiger partial charge >= 0.3 is 0 Å². The van der Waals surface area contributed by atoms with Crippen LogP contribution >= 0.6 is 0 Å². The van der Waals surface area contributed by atoms with E-state index in [-0.39, 0.29) is 12.5 Å². The molecule has 0 radical (unpaired) electrons. The molecule has 0 spiro atoms. The van der Waals surface area contributed by atoms with Crippen LogP contribution in [0.3, 0.4) is 0 Å². The molecule has 2 aliphatic heterocycles. The average molecular weight is 254 g/mol. The lowest BCUT2D eigenvalue weighted by Crippen LogP contribution is -2.46. The molecule has 0 aliphatic carbocycles. The minimum absolute atomic E-state index is 0.170. The summed E-state index contributed by atoms with van der Waals surface area (Å²) in [4.78, 5) is 14.6. The monoisotopic (exact) mass is 254 g/mol. The summed E-state index contributed by atoms with van der Waals surface area (Å²) in [7, 11) is 0. The summed E-state index contributed by atoms with van der Waals surface area (Å²) in [6, 6.07) is 0.377. The second-order valence-corrected chi connectivity index (χ2v) is 5.89. The molecule has 0 saturated carbocycles. The van der Waals surface area contributed by atoms with Gasteiger partial charge in [0.1, 0.15) is 0 Å². The molecule has 4 heteroatoms. The van der Waals surface area contributed by atoms with Gasteiger partial charge in [0.05, 0.1) is 5.92 Å². The molecular formula is C14H26N2O2. The fraction of sp³-hybridized carbons (Fsp3) is 0.929. The van der Waals surface area contributed by atoms with E-state index >= 15 is 0 Å². The fourth-order valence-electron chi connectivity index (χ4n) is 3.33. The van der Waals surface area contributed by atoms with E-state index in [9.17, 15) is 4.79 Å². The molecule has 0 aromatic carbocycles. The molecule has 2 N–H and O–H groups in total. The van der Waals surface area contributed by atoms with Gasteiger partial charge in [-0.3, -0.25) is 4.79 Å². The molecule has 0 aromatic heterocycles. The van der Waals surface area contributed by atoms with Crippen LogP contribution in [0.4, 0.5) is 0 Å². The Balaban J connectivity index is 1.90. The molecule has 2 rings (SSSR count). The number of nitrogens with zero attached hydrogens (tertiary/aromatic N) is 1. The standard InChI is InChI=1S/C14H26N2O2/c1-11-8-12(10-15-9-11)14(18)16-6-2-4-13(16)5-3-7-17/h11-13,15,17H,2-10H2,1H3. The zero-order chi connectivity index (χ0) is 13.0. The van der Waals surface area contributed by atoms with Crippen LogP contribution < -0.4 is 5.32 Å². The smallest absolute Gasteiger partial charge is 0.227 e. The average Bonchev–Trinajstić information content (AvgIpc) is 2.83. The highest BCUT2D eigenvalue weighted by atomic mass is 16.3. The number of aliphatic hydroxyl groups is 1. The van der Waals surface area contributed by atoms with E-state index < -0.39 is 0 Å². The first-order valence-electron chi connectivity index (χ1n) is 7.34. The Kier molecular flexibility index (Phi) is 5.01. The summed E-state index contributed by atoms with van der Waals surface area (Å²) in [5.41, 5.74) is 0. The van der Waals surface area contributed by atoms with Gasteiger partial charge in [-0.05, 0) is 44.6 Å². The molecule has 0 bridgehead atoms. The number of hydrogen-bond donors (Lipinski definition) is 2. The Labute approximate surface area is 110 Å². The van der Waals surface area contributed by atoms with Gasteiger partial charge in [-0.15, -0.1) is 0 Å². The maximum Gasteiger partial charge on any atom is 0.227 e. The van der Waals surface area contributed by atoms with Gasteiger partial charge in [0, 0.05) is 25.7 Å². The van der Waals surface area contributed by atoms with E-state index in [1.807, 2.05) is 0 Å². The number of nitrogens with one attached hydrogen (secondary N) is 1. The van der Waals surface area contributed by atoms with Crippen LogP contribution in [-0.2, 0) is 4.79 Å². The van der Waals surface area contributed by atoms with E-state index in [0.717, 1.165) is 51.7 Å². The van der Waals surface area contributed by atoms with Crippen molar-refractivity contribution in [2.24, 2.45) is 11.8 Å². The number of carbonyl (C=O) groups excluding carboxylic acids is 1. The van der Waals surface area contributed by atoms with Crippen LogP contribution in [-0.4, -0.2) is 48.2 Å². The minimum atomic E-state index is 0.170. The van der Waals surface area contributed by atoms with Gasteiger partial charge in [-0.25, -0.2) is 0 Å². The molecule has 4 nitrogen and oxygen atoms in total. The van der Waals surface area contributed by atoms with E-state index in [4.69, 9.17) is 5.11 Å². The predicted octanol–water partition coefficient (Wildman–Crippen LogP) is 0.995. The third-order valence-corrected chi connectivity index (χ3v) is 4.28. The predicted molar refractivity (Wildman–Crippen MR) is 71.2 cm³/mol. The van der Waals surface area contributed by atoms with Crippen LogP contribution in [0.15, 0.2) is 0 Å².